The summed E-state index contributed by atoms with van der Waals surface area (Å²) in [4.78, 5) is 16.9. The molecule has 0 aromatic carbocycles. The molecule has 0 unspecified atom stereocenters. The van der Waals surface area contributed by atoms with E-state index in [1.54, 1.807) is 12.0 Å². The second kappa shape index (κ2) is 6.62. The first kappa shape index (κ1) is 14.2. The van der Waals surface area contributed by atoms with E-state index in [0.717, 1.165) is 6.42 Å². The lowest BCUT2D eigenvalue weighted by molar-refractivity contribution is -0.204. The molecule has 88 valence electrons. The number of carbonyl (C=O) groups is 1. The zero-order valence-electron chi connectivity index (χ0n) is 10.7. The average molecular weight is 213 g/mol. The molecule has 15 heavy (non-hydrogen) atoms. The van der Waals surface area contributed by atoms with E-state index >= 15 is 0 Å². The summed E-state index contributed by atoms with van der Waals surface area (Å²) in [6.45, 7) is 11.8. The molecule has 0 aromatic heterocycles. The fourth-order valence-electron chi connectivity index (χ4n) is 1.36. The van der Waals surface area contributed by atoms with Crippen molar-refractivity contribution in [3.63, 3.8) is 0 Å². The summed E-state index contributed by atoms with van der Waals surface area (Å²) in [5.74, 6) is -0.251. The number of nitrogens with zero attached hydrogens (tertiary/aromatic N) is 1. The van der Waals surface area contributed by atoms with Crippen LogP contribution in [0.1, 0.15) is 48.0 Å². The van der Waals surface area contributed by atoms with Crippen LogP contribution in [0.25, 0.3) is 0 Å². The Balaban J connectivity index is 4.42. The van der Waals surface area contributed by atoms with Gasteiger partial charge in [-0.3, -0.25) is 0 Å². The van der Waals surface area contributed by atoms with Gasteiger partial charge in [-0.05, 0) is 41.0 Å². The first-order valence-corrected chi connectivity index (χ1v) is 5.57. The van der Waals surface area contributed by atoms with E-state index < -0.39 is 0 Å². The summed E-state index contributed by atoms with van der Waals surface area (Å²) in [5.41, 5.74) is 0.670. The van der Waals surface area contributed by atoms with Crippen LogP contribution in [0.15, 0.2) is 11.6 Å². The molecular weight excluding hydrogens is 190 g/mol. The Hall–Kier alpha value is -0.830. The SMILES string of the molecule is CC/C=C(\C)C(=O)ON(C(C)C)C(C)C. The van der Waals surface area contributed by atoms with Gasteiger partial charge in [-0.25, -0.2) is 4.79 Å². The van der Waals surface area contributed by atoms with E-state index in [2.05, 4.69) is 0 Å². The van der Waals surface area contributed by atoms with Gasteiger partial charge < -0.3 is 4.84 Å². The van der Waals surface area contributed by atoms with Gasteiger partial charge in [-0.2, -0.15) is 0 Å². The van der Waals surface area contributed by atoms with Gasteiger partial charge in [-0.15, -0.1) is 5.06 Å². The lowest BCUT2D eigenvalue weighted by Gasteiger charge is -2.28. The summed E-state index contributed by atoms with van der Waals surface area (Å²) in [5, 5.41) is 1.72. The van der Waals surface area contributed by atoms with E-state index in [4.69, 9.17) is 4.84 Å². The number of hydrogen-bond acceptors (Lipinski definition) is 3. The summed E-state index contributed by atoms with van der Waals surface area (Å²) >= 11 is 0. The van der Waals surface area contributed by atoms with E-state index in [1.165, 1.54) is 0 Å². The molecule has 3 nitrogen and oxygen atoms in total. The highest BCUT2D eigenvalue weighted by Crippen LogP contribution is 2.09. The van der Waals surface area contributed by atoms with Crippen LogP contribution in [0, 0.1) is 0 Å². The molecule has 3 heteroatoms. The van der Waals surface area contributed by atoms with Gasteiger partial charge in [0.1, 0.15) is 0 Å². The van der Waals surface area contributed by atoms with Crippen LogP contribution in [0.5, 0.6) is 0 Å². The second-order valence-corrected chi connectivity index (χ2v) is 4.22. The largest absolute Gasteiger partial charge is 0.364 e. The molecule has 0 heterocycles. The van der Waals surface area contributed by atoms with Crippen molar-refractivity contribution in [3.05, 3.63) is 11.6 Å². The molecule has 0 N–H and O–H groups in total. The molecule has 0 atom stereocenters. The van der Waals surface area contributed by atoms with Crippen LogP contribution in [0.4, 0.5) is 0 Å². The number of rotatable bonds is 5. The zero-order chi connectivity index (χ0) is 12.0. The van der Waals surface area contributed by atoms with Crippen molar-refractivity contribution in [2.24, 2.45) is 0 Å². The molecule has 0 aromatic rings. The van der Waals surface area contributed by atoms with Crippen LogP contribution in [0.3, 0.4) is 0 Å². The minimum Gasteiger partial charge on any atom is -0.364 e. The highest BCUT2D eigenvalue weighted by atomic mass is 16.7. The Morgan fingerprint density at radius 2 is 1.73 bits per heavy atom. The van der Waals surface area contributed by atoms with Crippen LogP contribution < -0.4 is 0 Å². The van der Waals surface area contributed by atoms with E-state index in [1.807, 2.05) is 40.7 Å². The van der Waals surface area contributed by atoms with Crippen molar-refractivity contribution in [1.29, 1.82) is 0 Å². The Kier molecular flexibility index (Phi) is 6.25. The highest BCUT2D eigenvalue weighted by Gasteiger charge is 2.19. The number of hydrogen-bond donors (Lipinski definition) is 0. The molecule has 0 aliphatic carbocycles. The molecule has 0 fully saturated rings. The van der Waals surface area contributed by atoms with Crippen molar-refractivity contribution in [2.45, 2.75) is 60.0 Å². The molecule has 0 rings (SSSR count). The summed E-state index contributed by atoms with van der Waals surface area (Å²) in [6, 6.07) is 0.395. The zero-order valence-corrected chi connectivity index (χ0v) is 10.7. The molecular formula is C12H23NO2. The second-order valence-electron chi connectivity index (χ2n) is 4.22. The maximum absolute atomic E-state index is 11.6. The maximum atomic E-state index is 11.6. The van der Waals surface area contributed by atoms with Gasteiger partial charge in [-0.1, -0.05) is 13.0 Å². The normalized spacial score (nSPS) is 12.7. The molecule has 0 saturated heterocycles. The smallest absolute Gasteiger partial charge is 0.352 e. The Morgan fingerprint density at radius 3 is 2.07 bits per heavy atom. The summed E-state index contributed by atoms with van der Waals surface area (Å²) in [6.07, 6.45) is 2.73. The first-order chi connectivity index (χ1) is 6.90. The fraction of sp³-hybridized carbons (Fsp3) is 0.750. The molecule has 0 radical (unpaired) electrons. The highest BCUT2D eigenvalue weighted by molar-refractivity contribution is 5.87. The van der Waals surface area contributed by atoms with Crippen molar-refractivity contribution in [1.82, 2.24) is 5.06 Å². The molecule has 0 amide bonds. The van der Waals surface area contributed by atoms with Crippen molar-refractivity contribution >= 4 is 5.97 Å². The van der Waals surface area contributed by atoms with Crippen LogP contribution in [-0.2, 0) is 9.63 Å². The molecule has 0 aliphatic rings. The van der Waals surface area contributed by atoms with Gasteiger partial charge in [0.25, 0.3) is 0 Å². The van der Waals surface area contributed by atoms with E-state index in [-0.39, 0.29) is 18.1 Å². The van der Waals surface area contributed by atoms with Crippen LogP contribution in [-0.4, -0.2) is 23.1 Å². The topological polar surface area (TPSA) is 29.5 Å². The molecule has 0 aliphatic heterocycles. The van der Waals surface area contributed by atoms with Gasteiger partial charge in [0.05, 0.1) is 0 Å². The third kappa shape index (κ3) is 4.98. The number of allylic oxidation sites excluding steroid dienone is 1. The third-order valence-electron chi connectivity index (χ3n) is 2.04. The number of hydroxylamine groups is 2. The Bertz CT molecular complexity index is 224. The summed E-state index contributed by atoms with van der Waals surface area (Å²) < 4.78 is 0. The average Bonchev–Trinajstić information content (AvgIpc) is 2.12. The third-order valence-corrected chi connectivity index (χ3v) is 2.04. The van der Waals surface area contributed by atoms with Crippen molar-refractivity contribution in [3.8, 4) is 0 Å². The molecule has 0 bridgehead atoms. The van der Waals surface area contributed by atoms with Gasteiger partial charge in [0.2, 0.25) is 0 Å². The maximum Gasteiger partial charge on any atom is 0.352 e. The predicted molar refractivity (Wildman–Crippen MR) is 62.3 cm³/mol. The minimum atomic E-state index is -0.251. The van der Waals surface area contributed by atoms with E-state index in [0.29, 0.717) is 5.57 Å². The summed E-state index contributed by atoms with van der Waals surface area (Å²) in [7, 11) is 0. The lowest BCUT2D eigenvalue weighted by Crippen LogP contribution is -2.39. The van der Waals surface area contributed by atoms with Crippen molar-refractivity contribution < 1.29 is 9.63 Å². The predicted octanol–water partition coefficient (Wildman–Crippen LogP) is 2.92. The standard InChI is InChI=1S/C12H23NO2/c1-7-8-11(6)12(14)15-13(9(2)3)10(4)5/h8-10H,7H2,1-6H3/b11-8+. The van der Waals surface area contributed by atoms with Gasteiger partial charge in [0, 0.05) is 17.7 Å². The van der Waals surface area contributed by atoms with E-state index in [9.17, 15) is 4.79 Å². The quantitative estimate of drug-likeness (QED) is 0.519. The minimum absolute atomic E-state index is 0.198. The van der Waals surface area contributed by atoms with Crippen LogP contribution in [0.2, 0.25) is 0 Å². The van der Waals surface area contributed by atoms with Gasteiger partial charge in [0.15, 0.2) is 0 Å². The van der Waals surface area contributed by atoms with Crippen molar-refractivity contribution in [2.75, 3.05) is 0 Å². The Labute approximate surface area is 93.1 Å². The van der Waals surface area contributed by atoms with Crippen LogP contribution >= 0.6 is 0 Å². The lowest BCUT2D eigenvalue weighted by atomic mass is 10.2. The monoisotopic (exact) mass is 213 g/mol. The Morgan fingerprint density at radius 1 is 1.27 bits per heavy atom. The number of carbonyl (C=O) groups excluding carboxylic acids is 1. The van der Waals surface area contributed by atoms with Gasteiger partial charge >= 0.3 is 5.97 Å². The fourth-order valence-corrected chi connectivity index (χ4v) is 1.36. The molecule has 0 spiro atoms. The molecule has 0 saturated carbocycles. The first-order valence-electron chi connectivity index (χ1n) is 5.57.